The van der Waals surface area contributed by atoms with Gasteiger partial charge in [-0.2, -0.15) is 0 Å². The van der Waals surface area contributed by atoms with Crippen molar-refractivity contribution in [2.75, 3.05) is 6.79 Å². The van der Waals surface area contributed by atoms with Crippen molar-refractivity contribution in [3.63, 3.8) is 0 Å². The van der Waals surface area contributed by atoms with E-state index in [1.165, 1.54) is 0 Å². The number of carbonyl (C=O) groups is 1. The molecule has 2 unspecified atom stereocenters. The summed E-state index contributed by atoms with van der Waals surface area (Å²) in [7, 11) is 0. The van der Waals surface area contributed by atoms with Crippen LogP contribution in [0.25, 0.3) is 11.0 Å². The summed E-state index contributed by atoms with van der Waals surface area (Å²) in [6.45, 7) is 7.12. The van der Waals surface area contributed by atoms with E-state index in [4.69, 9.17) is 23.9 Å². The number of rotatable bonds is 3. The van der Waals surface area contributed by atoms with Gasteiger partial charge in [0.1, 0.15) is 5.76 Å². The molecular formula is C23H23N3O4. The number of nitrogens with one attached hydrogen (secondary N) is 1. The molecule has 0 saturated heterocycles. The minimum atomic E-state index is -0.735. The maximum Gasteiger partial charge on any atom is 0.233 e. The van der Waals surface area contributed by atoms with Gasteiger partial charge in [0.2, 0.25) is 12.7 Å². The monoisotopic (exact) mass is 405 g/mol. The molecule has 6 rings (SSSR count). The minimum absolute atomic E-state index is 0.0132. The van der Waals surface area contributed by atoms with Crippen molar-refractivity contribution in [3.05, 3.63) is 47.7 Å². The Balaban J connectivity index is 1.50. The third-order valence-electron chi connectivity index (χ3n) is 7.92. The first-order valence-corrected chi connectivity index (χ1v) is 10.3. The van der Waals surface area contributed by atoms with Crippen LogP contribution >= 0.6 is 0 Å². The van der Waals surface area contributed by atoms with Crippen LogP contribution in [-0.2, 0) is 22.2 Å². The summed E-state index contributed by atoms with van der Waals surface area (Å²) in [5, 5.41) is 3.10. The highest BCUT2D eigenvalue weighted by molar-refractivity contribution is 5.93. The maximum atomic E-state index is 13.7. The lowest BCUT2D eigenvalue weighted by Gasteiger charge is -2.39. The number of nitrogens with zero attached hydrogens (tertiary/aromatic N) is 2. The largest absolute Gasteiger partial charge is 0.467 e. The first kappa shape index (κ1) is 17.7. The lowest BCUT2D eigenvalue weighted by atomic mass is 9.63. The Kier molecular flexibility index (Phi) is 3.27. The van der Waals surface area contributed by atoms with Crippen LogP contribution < -0.4 is 14.8 Å². The zero-order valence-electron chi connectivity index (χ0n) is 17.2. The molecule has 1 aromatic carbocycles. The highest BCUT2D eigenvalue weighted by Crippen LogP contribution is 2.70. The molecule has 7 nitrogen and oxygen atoms in total. The Morgan fingerprint density at radius 3 is 2.43 bits per heavy atom. The second kappa shape index (κ2) is 5.53. The van der Waals surface area contributed by atoms with Crippen molar-refractivity contribution in [1.82, 2.24) is 15.3 Å². The number of carbonyl (C=O) groups excluding carboxylic acids is 1. The van der Waals surface area contributed by atoms with Gasteiger partial charge >= 0.3 is 0 Å². The van der Waals surface area contributed by atoms with Gasteiger partial charge in [0.25, 0.3) is 0 Å². The topological polar surface area (TPSA) is 86.5 Å². The van der Waals surface area contributed by atoms with Crippen molar-refractivity contribution in [3.8, 4) is 11.5 Å². The SMILES string of the molecule is CC12CCC(C(=O)NCc3ccco3)(c3nc4cc5c(cc4nc31)OCO5)C2(C)C. The molecule has 2 aromatic heterocycles. The van der Waals surface area contributed by atoms with Gasteiger partial charge in [-0.05, 0) is 30.4 Å². The molecule has 1 saturated carbocycles. The lowest BCUT2D eigenvalue weighted by Crippen LogP contribution is -2.51. The molecule has 2 atom stereocenters. The van der Waals surface area contributed by atoms with E-state index in [1.807, 2.05) is 24.3 Å². The molecule has 1 aliphatic heterocycles. The quantitative estimate of drug-likeness (QED) is 0.717. The Morgan fingerprint density at radius 2 is 1.77 bits per heavy atom. The molecule has 1 fully saturated rings. The van der Waals surface area contributed by atoms with Gasteiger partial charge in [0.05, 0.1) is 40.6 Å². The molecule has 154 valence electrons. The fourth-order valence-electron chi connectivity index (χ4n) is 5.73. The molecule has 3 aromatic rings. The van der Waals surface area contributed by atoms with Crippen LogP contribution in [0.5, 0.6) is 11.5 Å². The molecule has 1 N–H and O–H groups in total. The van der Waals surface area contributed by atoms with E-state index in [0.717, 1.165) is 41.0 Å². The second-order valence-corrected chi connectivity index (χ2v) is 9.24. The number of hydrogen-bond acceptors (Lipinski definition) is 6. The van der Waals surface area contributed by atoms with Gasteiger partial charge in [-0.3, -0.25) is 4.79 Å². The number of fused-ring (bicyclic) bond motifs is 7. The molecule has 2 aliphatic carbocycles. The van der Waals surface area contributed by atoms with Crippen LogP contribution in [0.2, 0.25) is 0 Å². The number of aromatic nitrogens is 2. The Bertz CT molecular complexity index is 1200. The van der Waals surface area contributed by atoms with Crippen LogP contribution in [-0.4, -0.2) is 22.7 Å². The highest BCUT2D eigenvalue weighted by atomic mass is 16.7. The van der Waals surface area contributed by atoms with Crippen LogP contribution in [0.1, 0.15) is 50.8 Å². The van der Waals surface area contributed by atoms with Crippen LogP contribution in [0.4, 0.5) is 0 Å². The zero-order chi connectivity index (χ0) is 20.7. The predicted octanol–water partition coefficient (Wildman–Crippen LogP) is 3.60. The van der Waals surface area contributed by atoms with Crippen LogP contribution in [0.15, 0.2) is 34.9 Å². The average molecular weight is 405 g/mol. The predicted molar refractivity (Wildman–Crippen MR) is 108 cm³/mol. The van der Waals surface area contributed by atoms with Crippen molar-refractivity contribution in [2.45, 2.75) is 51.0 Å². The fourth-order valence-corrected chi connectivity index (χ4v) is 5.73. The van der Waals surface area contributed by atoms with E-state index in [1.54, 1.807) is 6.26 Å². The number of amides is 1. The molecule has 0 radical (unpaired) electrons. The van der Waals surface area contributed by atoms with Gasteiger partial charge in [-0.25, -0.2) is 9.97 Å². The Hall–Kier alpha value is -3.09. The third-order valence-corrected chi connectivity index (χ3v) is 7.92. The average Bonchev–Trinajstić information content (AvgIpc) is 3.46. The van der Waals surface area contributed by atoms with Gasteiger partial charge in [-0.15, -0.1) is 0 Å². The number of hydrogen-bond donors (Lipinski definition) is 1. The second-order valence-electron chi connectivity index (χ2n) is 9.24. The summed E-state index contributed by atoms with van der Waals surface area (Å²) in [5.74, 6) is 2.08. The van der Waals surface area contributed by atoms with Crippen molar-refractivity contribution in [1.29, 1.82) is 0 Å². The summed E-state index contributed by atoms with van der Waals surface area (Å²) in [6.07, 6.45) is 3.26. The van der Waals surface area contributed by atoms with E-state index in [2.05, 4.69) is 26.1 Å². The fraction of sp³-hybridized carbons (Fsp3) is 0.435. The zero-order valence-corrected chi connectivity index (χ0v) is 17.2. The van der Waals surface area contributed by atoms with Crippen LogP contribution in [0, 0.1) is 5.41 Å². The first-order chi connectivity index (χ1) is 14.4. The van der Waals surface area contributed by atoms with Gasteiger partial charge < -0.3 is 19.2 Å². The van der Waals surface area contributed by atoms with E-state index < -0.39 is 5.41 Å². The van der Waals surface area contributed by atoms with Gasteiger partial charge in [-0.1, -0.05) is 20.8 Å². The number of ether oxygens (including phenoxy) is 2. The molecule has 7 heteroatoms. The van der Waals surface area contributed by atoms with E-state index in [-0.39, 0.29) is 23.5 Å². The Labute approximate surface area is 173 Å². The summed E-state index contributed by atoms with van der Waals surface area (Å²) in [6, 6.07) is 7.43. The number of furan rings is 1. The Morgan fingerprint density at radius 1 is 1.07 bits per heavy atom. The molecule has 1 amide bonds. The smallest absolute Gasteiger partial charge is 0.233 e. The normalized spacial score (nSPS) is 27.4. The standard InChI is InChI=1S/C23H23N3O4/c1-21(2)22(3)6-7-23(21,20(27)24-11-13-5-4-8-28-13)19-18(22)25-14-9-16-17(30-12-29-16)10-15(14)26-19/h4-5,8-10H,6-7,11-12H2,1-3H3,(H,24,27). The summed E-state index contributed by atoms with van der Waals surface area (Å²) >= 11 is 0. The lowest BCUT2D eigenvalue weighted by molar-refractivity contribution is -0.130. The minimum Gasteiger partial charge on any atom is -0.467 e. The van der Waals surface area contributed by atoms with Gasteiger partial charge in [0.15, 0.2) is 11.5 Å². The van der Waals surface area contributed by atoms with E-state index in [0.29, 0.717) is 18.0 Å². The summed E-state index contributed by atoms with van der Waals surface area (Å²) in [4.78, 5) is 23.7. The first-order valence-electron chi connectivity index (χ1n) is 10.3. The maximum absolute atomic E-state index is 13.7. The van der Waals surface area contributed by atoms with Crippen molar-refractivity contribution in [2.24, 2.45) is 5.41 Å². The van der Waals surface area contributed by atoms with Crippen molar-refractivity contribution < 1.29 is 18.7 Å². The van der Waals surface area contributed by atoms with Gasteiger partial charge in [0, 0.05) is 17.5 Å². The highest BCUT2D eigenvalue weighted by Gasteiger charge is 2.73. The molecule has 2 bridgehead atoms. The molecular weight excluding hydrogens is 382 g/mol. The third kappa shape index (κ3) is 1.93. The van der Waals surface area contributed by atoms with E-state index in [9.17, 15) is 4.79 Å². The molecule has 3 heterocycles. The molecule has 3 aliphatic rings. The van der Waals surface area contributed by atoms with Crippen molar-refractivity contribution >= 4 is 16.9 Å². The molecule has 0 spiro atoms. The summed E-state index contributed by atoms with van der Waals surface area (Å²) < 4.78 is 16.4. The van der Waals surface area contributed by atoms with Crippen LogP contribution in [0.3, 0.4) is 0 Å². The number of benzene rings is 1. The van der Waals surface area contributed by atoms with E-state index >= 15 is 0 Å². The molecule has 30 heavy (non-hydrogen) atoms. The summed E-state index contributed by atoms with van der Waals surface area (Å²) in [5.41, 5.74) is 1.92.